The highest BCUT2D eigenvalue weighted by molar-refractivity contribution is 5.47. The van der Waals surface area contributed by atoms with Crippen molar-refractivity contribution in [1.29, 1.82) is 0 Å². The van der Waals surface area contributed by atoms with Gasteiger partial charge in [0, 0.05) is 56.9 Å². The van der Waals surface area contributed by atoms with Crippen LogP contribution in [-0.4, -0.2) is 65.3 Å². The Morgan fingerprint density at radius 1 is 0.806 bits per heavy atom. The summed E-state index contributed by atoms with van der Waals surface area (Å²) in [6.07, 6.45) is 1.59. The van der Waals surface area contributed by atoms with Crippen LogP contribution in [-0.2, 0) is 6.54 Å². The van der Waals surface area contributed by atoms with Crippen molar-refractivity contribution in [3.8, 4) is 0 Å². The first-order chi connectivity index (χ1) is 14.9. The molecule has 4 atom stereocenters. The third-order valence-corrected chi connectivity index (χ3v) is 5.91. The van der Waals surface area contributed by atoms with Gasteiger partial charge in [-0.25, -0.2) is 0 Å². The van der Waals surface area contributed by atoms with Gasteiger partial charge in [-0.2, -0.15) is 15.0 Å². The highest BCUT2D eigenvalue weighted by Gasteiger charge is 2.28. The molecular formula is C21H34N10. The highest BCUT2D eigenvalue weighted by atomic mass is 15.4. The van der Waals surface area contributed by atoms with E-state index in [9.17, 15) is 0 Å². The quantitative estimate of drug-likeness (QED) is 0.422. The number of hydrogen-bond acceptors (Lipinski definition) is 10. The number of rotatable bonds is 5. The number of nitrogens with zero attached hydrogens (tertiary/aromatic N) is 5. The molecule has 2 aromatic rings. The van der Waals surface area contributed by atoms with Crippen molar-refractivity contribution < 1.29 is 0 Å². The Bertz CT molecular complexity index is 826. The molecule has 3 heterocycles. The molecule has 2 saturated heterocycles. The van der Waals surface area contributed by atoms with E-state index in [0.717, 1.165) is 12.8 Å². The number of nitrogens with one attached hydrogen (secondary N) is 1. The minimum atomic E-state index is -0.0100. The van der Waals surface area contributed by atoms with Gasteiger partial charge in [-0.1, -0.05) is 24.3 Å². The van der Waals surface area contributed by atoms with Crippen LogP contribution in [0.1, 0.15) is 24.0 Å². The van der Waals surface area contributed by atoms with Crippen molar-refractivity contribution in [3.05, 3.63) is 35.4 Å². The SMILES string of the molecule is Cc1ccccc1CNc1nc(N2CC(N)CC(N)C2)nc(N2CC(N)CC(N)C2)n1. The largest absolute Gasteiger partial charge is 0.350 e. The second-order valence-electron chi connectivity index (χ2n) is 8.86. The molecule has 10 heteroatoms. The van der Waals surface area contributed by atoms with Crippen molar-refractivity contribution in [2.75, 3.05) is 41.3 Å². The van der Waals surface area contributed by atoms with Crippen molar-refractivity contribution in [1.82, 2.24) is 15.0 Å². The molecule has 1 aromatic heterocycles. The second-order valence-corrected chi connectivity index (χ2v) is 8.86. The zero-order valence-electron chi connectivity index (χ0n) is 18.1. The Labute approximate surface area is 183 Å². The maximum Gasteiger partial charge on any atom is 0.232 e. The van der Waals surface area contributed by atoms with Gasteiger partial charge in [-0.3, -0.25) is 0 Å². The summed E-state index contributed by atoms with van der Waals surface area (Å²) in [5.74, 6) is 1.68. The molecular weight excluding hydrogens is 392 g/mol. The van der Waals surface area contributed by atoms with Crippen LogP contribution in [0.15, 0.2) is 24.3 Å². The Balaban J connectivity index is 1.62. The molecule has 0 saturated carbocycles. The van der Waals surface area contributed by atoms with Crippen LogP contribution in [0.25, 0.3) is 0 Å². The van der Waals surface area contributed by atoms with Crippen molar-refractivity contribution in [2.45, 2.75) is 50.5 Å². The van der Waals surface area contributed by atoms with E-state index in [1.54, 1.807) is 0 Å². The van der Waals surface area contributed by atoms with E-state index in [0.29, 0.717) is 50.6 Å². The van der Waals surface area contributed by atoms with Crippen LogP contribution in [0, 0.1) is 6.92 Å². The summed E-state index contributed by atoms with van der Waals surface area (Å²) in [6, 6.07) is 8.21. The van der Waals surface area contributed by atoms with Crippen LogP contribution < -0.4 is 38.1 Å². The number of piperidine rings is 2. The lowest BCUT2D eigenvalue weighted by atomic mass is 10.0. The average Bonchev–Trinajstić information content (AvgIpc) is 2.71. The summed E-state index contributed by atoms with van der Waals surface area (Å²) in [7, 11) is 0. The first kappa shape index (κ1) is 21.7. The maximum atomic E-state index is 6.21. The van der Waals surface area contributed by atoms with E-state index < -0.39 is 0 Å². The molecule has 31 heavy (non-hydrogen) atoms. The Morgan fingerprint density at radius 2 is 1.29 bits per heavy atom. The molecule has 9 N–H and O–H groups in total. The maximum absolute atomic E-state index is 6.21. The van der Waals surface area contributed by atoms with Crippen LogP contribution in [0.3, 0.4) is 0 Å². The molecule has 10 nitrogen and oxygen atoms in total. The Morgan fingerprint density at radius 3 is 1.77 bits per heavy atom. The van der Waals surface area contributed by atoms with Crippen molar-refractivity contribution >= 4 is 17.8 Å². The summed E-state index contributed by atoms with van der Waals surface area (Å²) in [5.41, 5.74) is 27.2. The molecule has 0 spiro atoms. The minimum Gasteiger partial charge on any atom is -0.350 e. The van der Waals surface area contributed by atoms with Crippen LogP contribution in [0.5, 0.6) is 0 Å². The van der Waals surface area contributed by atoms with Crippen LogP contribution in [0.4, 0.5) is 17.8 Å². The number of aromatic nitrogens is 3. The third kappa shape index (κ3) is 5.40. The van der Waals surface area contributed by atoms with Gasteiger partial charge in [-0.05, 0) is 30.9 Å². The van der Waals surface area contributed by atoms with Gasteiger partial charge in [-0.15, -0.1) is 0 Å². The standard InChI is InChI=1S/C21H34N10/c1-13-4-2-3-5-14(13)8-26-19-27-20(30-9-15(22)6-16(23)10-30)29-21(28-19)31-11-17(24)7-18(25)12-31/h2-5,15-18H,6-12,22-25H2,1H3,(H,26,27,28,29). The fraction of sp³-hybridized carbons (Fsp3) is 0.571. The number of aryl methyl sites for hydroxylation is 1. The van der Waals surface area contributed by atoms with Gasteiger partial charge in [0.15, 0.2) is 0 Å². The minimum absolute atomic E-state index is 0.0100. The zero-order valence-corrected chi connectivity index (χ0v) is 18.1. The van der Waals surface area contributed by atoms with Crippen molar-refractivity contribution in [3.63, 3.8) is 0 Å². The molecule has 0 aliphatic carbocycles. The molecule has 168 valence electrons. The van der Waals surface area contributed by atoms with E-state index in [-0.39, 0.29) is 24.2 Å². The lowest BCUT2D eigenvalue weighted by Crippen LogP contribution is -2.54. The van der Waals surface area contributed by atoms with Gasteiger partial charge in [0.1, 0.15) is 0 Å². The van der Waals surface area contributed by atoms with E-state index in [2.05, 4.69) is 24.4 Å². The normalized spacial score (nSPS) is 26.7. The molecule has 2 aliphatic rings. The van der Waals surface area contributed by atoms with Gasteiger partial charge >= 0.3 is 0 Å². The summed E-state index contributed by atoms with van der Waals surface area (Å²) < 4.78 is 0. The fourth-order valence-corrected chi connectivity index (χ4v) is 4.38. The highest BCUT2D eigenvalue weighted by Crippen LogP contribution is 2.22. The molecule has 4 unspecified atom stereocenters. The number of hydrogen-bond donors (Lipinski definition) is 5. The molecule has 2 fully saturated rings. The molecule has 0 bridgehead atoms. The van der Waals surface area contributed by atoms with E-state index in [4.69, 9.17) is 37.9 Å². The molecule has 2 aliphatic heterocycles. The molecule has 0 radical (unpaired) electrons. The Hall–Kier alpha value is -2.53. The first-order valence-electron chi connectivity index (χ1n) is 10.9. The molecule has 1 aromatic carbocycles. The molecule has 0 amide bonds. The van der Waals surface area contributed by atoms with Gasteiger partial charge in [0.25, 0.3) is 0 Å². The average molecular weight is 427 g/mol. The van der Waals surface area contributed by atoms with E-state index >= 15 is 0 Å². The van der Waals surface area contributed by atoms with Gasteiger partial charge in [0.2, 0.25) is 17.8 Å². The number of nitrogens with two attached hydrogens (primary N) is 4. The second kappa shape index (κ2) is 9.31. The summed E-state index contributed by atoms with van der Waals surface area (Å²) in [5, 5.41) is 3.37. The monoisotopic (exact) mass is 426 g/mol. The predicted octanol–water partition coefficient (Wildman–Crippen LogP) is -0.478. The predicted molar refractivity (Wildman–Crippen MR) is 124 cm³/mol. The van der Waals surface area contributed by atoms with Crippen LogP contribution >= 0.6 is 0 Å². The lowest BCUT2D eigenvalue weighted by molar-refractivity contribution is 0.441. The molecule has 4 rings (SSSR count). The van der Waals surface area contributed by atoms with Crippen molar-refractivity contribution in [2.24, 2.45) is 22.9 Å². The third-order valence-electron chi connectivity index (χ3n) is 5.91. The summed E-state index contributed by atoms with van der Waals surface area (Å²) in [4.78, 5) is 18.2. The smallest absolute Gasteiger partial charge is 0.232 e. The van der Waals surface area contributed by atoms with Gasteiger partial charge in [0.05, 0.1) is 0 Å². The van der Waals surface area contributed by atoms with E-state index in [1.165, 1.54) is 11.1 Å². The summed E-state index contributed by atoms with van der Waals surface area (Å²) >= 11 is 0. The Kier molecular flexibility index (Phi) is 6.51. The van der Waals surface area contributed by atoms with E-state index in [1.807, 2.05) is 21.9 Å². The lowest BCUT2D eigenvalue weighted by Gasteiger charge is -2.37. The number of anilines is 3. The van der Waals surface area contributed by atoms with Crippen LogP contribution in [0.2, 0.25) is 0 Å². The summed E-state index contributed by atoms with van der Waals surface area (Å²) in [6.45, 7) is 5.35. The van der Waals surface area contributed by atoms with Gasteiger partial charge < -0.3 is 38.1 Å². The fourth-order valence-electron chi connectivity index (χ4n) is 4.38. The zero-order chi connectivity index (χ0) is 22.0. The first-order valence-corrected chi connectivity index (χ1v) is 10.9. The topological polar surface area (TPSA) is 161 Å². The number of benzene rings is 1.